The second kappa shape index (κ2) is 5.53. The van der Waals surface area contributed by atoms with Crippen molar-refractivity contribution >= 4 is 11.7 Å². The molecule has 0 amide bonds. The van der Waals surface area contributed by atoms with Crippen molar-refractivity contribution in [3.8, 4) is 0 Å². The number of nitro benzene ring substituents is 1. The molecule has 0 fully saturated rings. The predicted molar refractivity (Wildman–Crippen MR) is 69.8 cm³/mol. The number of nitrogens with zero attached hydrogens (tertiary/aromatic N) is 2. The Balaban J connectivity index is 2.50. The van der Waals surface area contributed by atoms with E-state index in [9.17, 15) is 24.1 Å². The Morgan fingerprint density at radius 1 is 1.33 bits per heavy atom. The zero-order chi connectivity index (χ0) is 15.6. The van der Waals surface area contributed by atoms with E-state index in [-0.39, 0.29) is 17.8 Å². The van der Waals surface area contributed by atoms with Crippen molar-refractivity contribution in [2.75, 3.05) is 0 Å². The highest BCUT2D eigenvalue weighted by atomic mass is 19.1. The quantitative estimate of drug-likeness (QED) is 0.681. The highest BCUT2D eigenvalue weighted by Crippen LogP contribution is 2.17. The molecule has 0 bridgehead atoms. The van der Waals surface area contributed by atoms with Gasteiger partial charge >= 0.3 is 5.97 Å². The molecule has 8 heteroatoms. The monoisotopic (exact) mass is 292 g/mol. The van der Waals surface area contributed by atoms with Crippen LogP contribution in [0, 0.1) is 15.9 Å². The summed E-state index contributed by atoms with van der Waals surface area (Å²) < 4.78 is 14.2. The topological polar surface area (TPSA) is 102 Å². The van der Waals surface area contributed by atoms with Gasteiger partial charge in [0.05, 0.1) is 17.5 Å². The Kier molecular flexibility index (Phi) is 3.79. The van der Waals surface area contributed by atoms with E-state index in [0.717, 1.165) is 28.8 Å². The van der Waals surface area contributed by atoms with Crippen LogP contribution in [0.2, 0.25) is 0 Å². The van der Waals surface area contributed by atoms with Crippen molar-refractivity contribution in [3.63, 3.8) is 0 Å². The number of carboxylic acid groups (broad SMARTS) is 1. The SMILES string of the molecule is O=C(O)c1cccc(=O)n1Cc1cc(F)cc([N+](=O)[O-])c1. The van der Waals surface area contributed by atoms with E-state index >= 15 is 0 Å². The number of nitro groups is 1. The highest BCUT2D eigenvalue weighted by Gasteiger charge is 2.14. The number of aromatic carboxylic acids is 1. The van der Waals surface area contributed by atoms with Gasteiger partial charge in [-0.15, -0.1) is 0 Å². The summed E-state index contributed by atoms with van der Waals surface area (Å²) in [6.45, 7) is -0.278. The standard InChI is InChI=1S/C13H9FN2O5/c14-9-4-8(5-10(6-9)16(20)21)7-15-11(13(18)19)2-1-3-12(15)17/h1-6H,7H2,(H,18,19). The molecule has 1 aromatic carbocycles. The molecule has 0 saturated heterocycles. The smallest absolute Gasteiger partial charge is 0.352 e. The molecule has 0 aliphatic carbocycles. The first-order chi connectivity index (χ1) is 9.88. The van der Waals surface area contributed by atoms with Crippen molar-refractivity contribution in [1.82, 2.24) is 4.57 Å². The Morgan fingerprint density at radius 2 is 2.05 bits per heavy atom. The fourth-order valence-electron chi connectivity index (χ4n) is 1.88. The predicted octanol–water partition coefficient (Wildman–Crippen LogP) is 1.64. The minimum Gasteiger partial charge on any atom is -0.477 e. The van der Waals surface area contributed by atoms with E-state index in [1.165, 1.54) is 12.1 Å². The summed E-state index contributed by atoms with van der Waals surface area (Å²) in [6, 6.07) is 6.51. The molecule has 7 nitrogen and oxygen atoms in total. The Labute approximate surface area is 117 Å². The third-order valence-electron chi connectivity index (χ3n) is 2.76. The molecule has 1 N–H and O–H groups in total. The Hall–Kier alpha value is -3.03. The molecule has 0 unspecified atom stereocenters. The van der Waals surface area contributed by atoms with Gasteiger partial charge in [-0.1, -0.05) is 6.07 Å². The van der Waals surface area contributed by atoms with Gasteiger partial charge in [-0.05, 0) is 17.7 Å². The molecule has 108 valence electrons. The van der Waals surface area contributed by atoms with Crippen LogP contribution in [0.5, 0.6) is 0 Å². The molecule has 0 aliphatic rings. The molecule has 0 atom stereocenters. The van der Waals surface area contributed by atoms with Gasteiger partial charge in [0.1, 0.15) is 11.5 Å². The fraction of sp³-hybridized carbons (Fsp3) is 0.0769. The first-order valence-corrected chi connectivity index (χ1v) is 5.75. The molecule has 0 saturated carbocycles. The molecule has 2 aromatic rings. The summed E-state index contributed by atoms with van der Waals surface area (Å²) in [5.41, 5.74) is -1.22. The molecule has 2 rings (SSSR count). The van der Waals surface area contributed by atoms with Crippen molar-refractivity contribution < 1.29 is 19.2 Å². The third-order valence-corrected chi connectivity index (χ3v) is 2.76. The summed E-state index contributed by atoms with van der Waals surface area (Å²) in [7, 11) is 0. The number of carbonyl (C=O) groups is 1. The highest BCUT2D eigenvalue weighted by molar-refractivity contribution is 5.85. The number of carboxylic acids is 1. The van der Waals surface area contributed by atoms with Gasteiger partial charge in [-0.25, -0.2) is 9.18 Å². The maximum Gasteiger partial charge on any atom is 0.352 e. The van der Waals surface area contributed by atoms with E-state index in [2.05, 4.69) is 0 Å². The van der Waals surface area contributed by atoms with E-state index < -0.39 is 28.0 Å². The minimum absolute atomic E-state index is 0.123. The van der Waals surface area contributed by atoms with Gasteiger partial charge < -0.3 is 5.11 Å². The van der Waals surface area contributed by atoms with E-state index in [4.69, 9.17) is 5.11 Å². The number of non-ortho nitro benzene ring substituents is 1. The van der Waals surface area contributed by atoms with Crippen LogP contribution < -0.4 is 5.56 Å². The number of hydrogen-bond donors (Lipinski definition) is 1. The normalized spacial score (nSPS) is 10.3. The Bertz CT molecular complexity index is 784. The molecule has 0 spiro atoms. The number of aromatic nitrogens is 1. The zero-order valence-corrected chi connectivity index (χ0v) is 10.5. The number of halogens is 1. The van der Waals surface area contributed by atoms with Crippen LogP contribution in [0.25, 0.3) is 0 Å². The zero-order valence-electron chi connectivity index (χ0n) is 10.5. The molecule has 0 radical (unpaired) electrons. The van der Waals surface area contributed by atoms with Crippen LogP contribution in [0.3, 0.4) is 0 Å². The van der Waals surface area contributed by atoms with Gasteiger partial charge in [0.25, 0.3) is 11.2 Å². The summed E-state index contributed by atoms with van der Waals surface area (Å²) in [4.78, 5) is 32.7. The molecule has 1 aromatic heterocycles. The number of hydrogen-bond acceptors (Lipinski definition) is 4. The summed E-state index contributed by atoms with van der Waals surface area (Å²) in [6.07, 6.45) is 0. The summed E-state index contributed by atoms with van der Waals surface area (Å²) >= 11 is 0. The lowest BCUT2D eigenvalue weighted by atomic mass is 10.2. The average molecular weight is 292 g/mol. The van der Waals surface area contributed by atoms with Crippen LogP contribution >= 0.6 is 0 Å². The van der Waals surface area contributed by atoms with Crippen LogP contribution in [0.4, 0.5) is 10.1 Å². The number of pyridine rings is 1. The van der Waals surface area contributed by atoms with Crippen LogP contribution in [0.1, 0.15) is 16.1 Å². The van der Waals surface area contributed by atoms with Crippen LogP contribution in [-0.4, -0.2) is 20.6 Å². The van der Waals surface area contributed by atoms with Crippen LogP contribution in [-0.2, 0) is 6.54 Å². The van der Waals surface area contributed by atoms with Gasteiger partial charge in [0, 0.05) is 12.1 Å². The van der Waals surface area contributed by atoms with Crippen molar-refractivity contribution in [1.29, 1.82) is 0 Å². The second-order valence-corrected chi connectivity index (χ2v) is 4.22. The maximum absolute atomic E-state index is 13.3. The summed E-state index contributed by atoms with van der Waals surface area (Å²) in [5.74, 6) is -2.15. The number of rotatable bonds is 4. The minimum atomic E-state index is -1.32. The molecular formula is C13H9FN2O5. The molecular weight excluding hydrogens is 283 g/mol. The average Bonchev–Trinajstić information content (AvgIpc) is 2.40. The van der Waals surface area contributed by atoms with Gasteiger partial charge in [-0.2, -0.15) is 0 Å². The van der Waals surface area contributed by atoms with Crippen molar-refractivity contribution in [2.45, 2.75) is 6.54 Å². The van der Waals surface area contributed by atoms with E-state index in [1.54, 1.807) is 0 Å². The van der Waals surface area contributed by atoms with E-state index in [0.29, 0.717) is 0 Å². The lowest BCUT2D eigenvalue weighted by Crippen LogP contribution is -2.25. The van der Waals surface area contributed by atoms with Gasteiger partial charge in [0.15, 0.2) is 0 Å². The van der Waals surface area contributed by atoms with Gasteiger partial charge in [0.2, 0.25) is 0 Å². The van der Waals surface area contributed by atoms with Crippen molar-refractivity contribution in [2.24, 2.45) is 0 Å². The largest absolute Gasteiger partial charge is 0.477 e. The van der Waals surface area contributed by atoms with E-state index in [1.807, 2.05) is 0 Å². The second-order valence-electron chi connectivity index (χ2n) is 4.22. The molecule has 21 heavy (non-hydrogen) atoms. The Morgan fingerprint density at radius 3 is 2.67 bits per heavy atom. The third kappa shape index (κ3) is 3.11. The first kappa shape index (κ1) is 14.4. The first-order valence-electron chi connectivity index (χ1n) is 5.75. The lowest BCUT2D eigenvalue weighted by molar-refractivity contribution is -0.385. The van der Waals surface area contributed by atoms with Crippen molar-refractivity contribution in [3.05, 3.63) is 73.9 Å². The van der Waals surface area contributed by atoms with Gasteiger partial charge in [-0.3, -0.25) is 19.5 Å². The lowest BCUT2D eigenvalue weighted by Gasteiger charge is -2.09. The fourth-order valence-corrected chi connectivity index (χ4v) is 1.88. The maximum atomic E-state index is 13.3. The summed E-state index contributed by atoms with van der Waals surface area (Å²) in [5, 5.41) is 19.7. The number of benzene rings is 1. The van der Waals surface area contributed by atoms with Crippen LogP contribution in [0.15, 0.2) is 41.2 Å². The molecule has 1 heterocycles. The molecule has 0 aliphatic heterocycles.